The molecule has 0 radical (unpaired) electrons. The fraction of sp³-hybridized carbons (Fsp3) is 0.174. The molecule has 0 saturated carbocycles. The average molecular weight is 375 g/mol. The molecule has 4 rings (SSSR count). The van der Waals surface area contributed by atoms with Gasteiger partial charge in [0.2, 0.25) is 0 Å². The van der Waals surface area contributed by atoms with Crippen LogP contribution < -0.4 is 19.5 Å². The lowest BCUT2D eigenvalue weighted by Crippen LogP contribution is -2.36. The summed E-state index contributed by atoms with van der Waals surface area (Å²) in [6.07, 6.45) is 0.235. The van der Waals surface area contributed by atoms with Gasteiger partial charge in [0.25, 0.3) is 5.91 Å². The molecule has 0 aliphatic carbocycles. The maximum absolute atomic E-state index is 12.3. The van der Waals surface area contributed by atoms with Gasteiger partial charge < -0.3 is 19.5 Å². The molecule has 3 aromatic carbocycles. The molecule has 1 aliphatic heterocycles. The van der Waals surface area contributed by atoms with E-state index in [2.05, 4.69) is 17.4 Å². The standard InChI is InChI=1S/C23H21NO4/c1-26-21-15-17(23-24-22(25)18-9-5-6-10-19(18)28-23)11-12-20(21)27-14-13-16-7-3-2-4-8-16/h2-12,15,23H,13-14H2,1H3,(H,24,25)/t23-/m1/s1. The SMILES string of the molecule is COc1cc([C@@H]2NC(=O)c3ccccc3O2)ccc1OCCc1ccccc1. The minimum absolute atomic E-state index is 0.158. The number of para-hydroxylation sites is 1. The van der Waals surface area contributed by atoms with E-state index in [4.69, 9.17) is 14.2 Å². The summed E-state index contributed by atoms with van der Waals surface area (Å²) in [5.74, 6) is 1.67. The zero-order valence-electron chi connectivity index (χ0n) is 15.6. The Labute approximate surface area is 163 Å². The van der Waals surface area contributed by atoms with Crippen LogP contribution in [0.15, 0.2) is 72.8 Å². The summed E-state index contributed by atoms with van der Waals surface area (Å²) >= 11 is 0. The van der Waals surface area contributed by atoms with Crippen molar-refractivity contribution in [2.75, 3.05) is 13.7 Å². The highest BCUT2D eigenvalue weighted by Crippen LogP contribution is 2.34. The number of carbonyl (C=O) groups excluding carboxylic acids is 1. The molecule has 142 valence electrons. The van der Waals surface area contributed by atoms with Crippen LogP contribution in [0.3, 0.4) is 0 Å². The summed E-state index contributed by atoms with van der Waals surface area (Å²) in [4.78, 5) is 12.3. The van der Waals surface area contributed by atoms with Crippen LogP contribution in [0.2, 0.25) is 0 Å². The molecular weight excluding hydrogens is 354 g/mol. The number of benzene rings is 3. The highest BCUT2D eigenvalue weighted by atomic mass is 16.5. The summed E-state index contributed by atoms with van der Waals surface area (Å²) < 4.78 is 17.3. The zero-order chi connectivity index (χ0) is 19.3. The second-order valence-electron chi connectivity index (χ2n) is 6.46. The zero-order valence-corrected chi connectivity index (χ0v) is 15.6. The van der Waals surface area contributed by atoms with Crippen LogP contribution in [0.4, 0.5) is 0 Å². The first-order valence-corrected chi connectivity index (χ1v) is 9.16. The fourth-order valence-electron chi connectivity index (χ4n) is 3.15. The first-order chi connectivity index (χ1) is 13.7. The lowest BCUT2D eigenvalue weighted by atomic mass is 10.1. The third-order valence-electron chi connectivity index (χ3n) is 4.62. The third kappa shape index (κ3) is 3.78. The maximum atomic E-state index is 12.3. The number of nitrogens with one attached hydrogen (secondary N) is 1. The van der Waals surface area contributed by atoms with Crippen molar-refractivity contribution in [3.8, 4) is 17.2 Å². The minimum atomic E-state index is -0.574. The van der Waals surface area contributed by atoms with Crippen LogP contribution in [-0.4, -0.2) is 19.6 Å². The average Bonchev–Trinajstić information content (AvgIpc) is 2.74. The summed E-state index contributed by atoms with van der Waals surface area (Å²) in [6.45, 7) is 0.545. The summed E-state index contributed by atoms with van der Waals surface area (Å²) in [5.41, 5.74) is 2.54. The lowest BCUT2D eigenvalue weighted by molar-refractivity contribution is 0.0755. The second-order valence-corrected chi connectivity index (χ2v) is 6.46. The maximum Gasteiger partial charge on any atom is 0.258 e. The Morgan fingerprint density at radius 3 is 2.57 bits per heavy atom. The minimum Gasteiger partial charge on any atom is -0.493 e. The van der Waals surface area contributed by atoms with Crippen molar-refractivity contribution in [2.24, 2.45) is 0 Å². The molecule has 5 nitrogen and oxygen atoms in total. The van der Waals surface area contributed by atoms with Gasteiger partial charge in [0.05, 0.1) is 19.3 Å². The number of amides is 1. The van der Waals surface area contributed by atoms with Crippen molar-refractivity contribution < 1.29 is 19.0 Å². The molecule has 0 fully saturated rings. The van der Waals surface area contributed by atoms with Gasteiger partial charge in [-0.25, -0.2) is 0 Å². The Morgan fingerprint density at radius 1 is 0.964 bits per heavy atom. The molecule has 0 aromatic heterocycles. The van der Waals surface area contributed by atoms with Crippen molar-refractivity contribution in [3.05, 3.63) is 89.5 Å². The highest BCUT2D eigenvalue weighted by molar-refractivity contribution is 5.98. The topological polar surface area (TPSA) is 56.8 Å². The van der Waals surface area contributed by atoms with Gasteiger partial charge in [-0.2, -0.15) is 0 Å². The number of methoxy groups -OCH3 is 1. The van der Waals surface area contributed by atoms with Crippen LogP contribution in [-0.2, 0) is 6.42 Å². The monoisotopic (exact) mass is 375 g/mol. The van der Waals surface area contributed by atoms with Gasteiger partial charge in [-0.1, -0.05) is 42.5 Å². The highest BCUT2D eigenvalue weighted by Gasteiger charge is 2.26. The van der Waals surface area contributed by atoms with Gasteiger partial charge >= 0.3 is 0 Å². The quantitative estimate of drug-likeness (QED) is 0.704. The van der Waals surface area contributed by atoms with E-state index >= 15 is 0 Å². The number of rotatable bonds is 6. The number of hydrogen-bond acceptors (Lipinski definition) is 4. The molecule has 1 amide bonds. The smallest absolute Gasteiger partial charge is 0.258 e. The molecule has 3 aromatic rings. The molecule has 0 unspecified atom stereocenters. The Hall–Kier alpha value is -3.47. The van der Waals surface area contributed by atoms with Gasteiger partial charge in [0, 0.05) is 12.0 Å². The van der Waals surface area contributed by atoms with E-state index in [0.717, 1.165) is 12.0 Å². The molecule has 28 heavy (non-hydrogen) atoms. The Balaban J connectivity index is 1.47. The Kier molecular flexibility index (Phi) is 5.15. The second kappa shape index (κ2) is 8.05. The van der Waals surface area contributed by atoms with Crippen molar-refractivity contribution in [3.63, 3.8) is 0 Å². The van der Waals surface area contributed by atoms with Gasteiger partial charge in [-0.3, -0.25) is 4.79 Å². The molecule has 1 aliphatic rings. The largest absolute Gasteiger partial charge is 0.493 e. The van der Waals surface area contributed by atoms with E-state index < -0.39 is 6.23 Å². The van der Waals surface area contributed by atoms with Crippen LogP contribution in [0.5, 0.6) is 17.2 Å². The van der Waals surface area contributed by atoms with Crippen LogP contribution in [0.25, 0.3) is 0 Å². The van der Waals surface area contributed by atoms with Gasteiger partial charge in [0.15, 0.2) is 17.7 Å². The van der Waals surface area contributed by atoms with Gasteiger partial charge in [-0.05, 0) is 35.9 Å². The summed E-state index contributed by atoms with van der Waals surface area (Å²) in [7, 11) is 1.60. The van der Waals surface area contributed by atoms with E-state index in [0.29, 0.717) is 29.4 Å². The van der Waals surface area contributed by atoms with E-state index in [1.54, 1.807) is 19.2 Å². The Bertz CT molecular complexity index is 971. The molecule has 0 spiro atoms. The number of fused-ring (bicyclic) bond motifs is 1. The molecule has 0 bridgehead atoms. The van der Waals surface area contributed by atoms with Crippen LogP contribution in [0.1, 0.15) is 27.7 Å². The molecule has 0 saturated heterocycles. The van der Waals surface area contributed by atoms with E-state index in [-0.39, 0.29) is 5.91 Å². The molecule has 1 heterocycles. The van der Waals surface area contributed by atoms with Crippen molar-refractivity contribution >= 4 is 5.91 Å². The number of ether oxygens (including phenoxy) is 3. The summed E-state index contributed by atoms with van der Waals surface area (Å²) in [5, 5.41) is 2.87. The Morgan fingerprint density at radius 2 is 1.75 bits per heavy atom. The molecule has 1 N–H and O–H groups in total. The van der Waals surface area contributed by atoms with Gasteiger partial charge in [0.1, 0.15) is 5.75 Å². The van der Waals surface area contributed by atoms with Crippen LogP contribution in [0, 0.1) is 0 Å². The van der Waals surface area contributed by atoms with Crippen LogP contribution >= 0.6 is 0 Å². The van der Waals surface area contributed by atoms with E-state index in [1.165, 1.54) is 5.56 Å². The molecule has 5 heteroatoms. The summed E-state index contributed by atoms with van der Waals surface area (Å²) in [6, 6.07) is 22.9. The first kappa shape index (κ1) is 17.9. The van der Waals surface area contributed by atoms with Crippen molar-refractivity contribution in [1.29, 1.82) is 0 Å². The lowest BCUT2D eigenvalue weighted by Gasteiger charge is -2.27. The first-order valence-electron chi connectivity index (χ1n) is 9.16. The predicted octanol–water partition coefficient (Wildman–Crippen LogP) is 4.14. The normalized spacial score (nSPS) is 15.2. The predicted molar refractivity (Wildman–Crippen MR) is 106 cm³/mol. The fourth-order valence-corrected chi connectivity index (χ4v) is 3.15. The van der Waals surface area contributed by atoms with Crippen molar-refractivity contribution in [1.82, 2.24) is 5.32 Å². The van der Waals surface area contributed by atoms with E-state index in [9.17, 15) is 4.79 Å². The van der Waals surface area contributed by atoms with E-state index in [1.807, 2.05) is 48.5 Å². The third-order valence-corrected chi connectivity index (χ3v) is 4.62. The molecule has 1 atom stereocenters. The van der Waals surface area contributed by atoms with Crippen molar-refractivity contribution in [2.45, 2.75) is 12.6 Å². The number of carbonyl (C=O) groups is 1. The number of hydrogen-bond donors (Lipinski definition) is 1. The van der Waals surface area contributed by atoms with Gasteiger partial charge in [-0.15, -0.1) is 0 Å². The molecular formula is C23H21NO4.